The molecule has 1 N–H and O–H groups in total. The highest BCUT2D eigenvalue weighted by Gasteiger charge is 2.39. The summed E-state index contributed by atoms with van der Waals surface area (Å²) in [6.45, 7) is 6.26. The highest BCUT2D eigenvalue weighted by atomic mass is 16.5. The van der Waals surface area contributed by atoms with Gasteiger partial charge in [-0.05, 0) is 25.0 Å². The van der Waals surface area contributed by atoms with Crippen LogP contribution in [0.15, 0.2) is 18.2 Å². The Morgan fingerprint density at radius 3 is 2.76 bits per heavy atom. The molecule has 0 spiro atoms. The van der Waals surface area contributed by atoms with Crippen molar-refractivity contribution in [3.05, 3.63) is 23.8 Å². The molecule has 0 radical (unpaired) electrons. The lowest BCUT2D eigenvalue weighted by Gasteiger charge is -2.41. The summed E-state index contributed by atoms with van der Waals surface area (Å²) in [6, 6.07) is 5.57. The summed E-state index contributed by atoms with van der Waals surface area (Å²) >= 11 is 0. The topological polar surface area (TPSA) is 38.7 Å². The van der Waals surface area contributed by atoms with Crippen molar-refractivity contribution in [3.8, 4) is 11.5 Å². The van der Waals surface area contributed by atoms with Gasteiger partial charge in [0.05, 0.1) is 13.2 Å². The molecule has 3 heteroatoms. The van der Waals surface area contributed by atoms with E-state index in [0.29, 0.717) is 12.3 Å². The Kier molecular flexibility index (Phi) is 3.04. The van der Waals surface area contributed by atoms with Gasteiger partial charge in [0.2, 0.25) is 0 Å². The molecule has 0 saturated heterocycles. The molecule has 0 saturated carbocycles. The van der Waals surface area contributed by atoms with E-state index in [1.165, 1.54) is 0 Å². The molecule has 0 aliphatic carbocycles. The SMILES string of the molecule is COc1ccc2c(c1)OC(C)(C(C)C)C[C@@H]2O. The molecule has 0 amide bonds. The number of methoxy groups -OCH3 is 1. The third-order valence-electron chi connectivity index (χ3n) is 3.74. The summed E-state index contributed by atoms with van der Waals surface area (Å²) in [5, 5.41) is 10.2. The standard InChI is InChI=1S/C14H20O3/c1-9(2)14(3)8-12(15)11-6-5-10(16-4)7-13(11)17-14/h5-7,9,12,15H,8H2,1-4H3/t12-,14?/m0/s1. The van der Waals surface area contributed by atoms with Gasteiger partial charge in [0.25, 0.3) is 0 Å². The molecule has 2 atom stereocenters. The van der Waals surface area contributed by atoms with Crippen LogP contribution in [0.5, 0.6) is 11.5 Å². The lowest BCUT2D eigenvalue weighted by Crippen LogP contribution is -2.42. The fraction of sp³-hybridized carbons (Fsp3) is 0.571. The molecule has 3 nitrogen and oxygen atoms in total. The molecule has 1 heterocycles. The van der Waals surface area contributed by atoms with Crippen LogP contribution in [0.3, 0.4) is 0 Å². The predicted octanol–water partition coefficient (Wildman–Crippen LogP) is 2.93. The Bertz CT molecular complexity index is 414. The zero-order chi connectivity index (χ0) is 12.6. The lowest BCUT2D eigenvalue weighted by molar-refractivity contribution is -0.0323. The molecule has 1 aromatic carbocycles. The Hall–Kier alpha value is -1.22. The number of fused-ring (bicyclic) bond motifs is 1. The molecule has 0 aromatic heterocycles. The van der Waals surface area contributed by atoms with Gasteiger partial charge in [0.15, 0.2) is 0 Å². The van der Waals surface area contributed by atoms with Crippen molar-refractivity contribution in [2.24, 2.45) is 5.92 Å². The van der Waals surface area contributed by atoms with Crippen molar-refractivity contribution >= 4 is 0 Å². The zero-order valence-corrected chi connectivity index (χ0v) is 10.9. The van der Waals surface area contributed by atoms with Gasteiger partial charge in [-0.25, -0.2) is 0 Å². The van der Waals surface area contributed by atoms with E-state index in [-0.39, 0.29) is 5.60 Å². The molecule has 1 aliphatic rings. The van der Waals surface area contributed by atoms with Crippen LogP contribution in [0.1, 0.15) is 38.9 Å². The van der Waals surface area contributed by atoms with Gasteiger partial charge < -0.3 is 14.6 Å². The molecule has 0 fully saturated rings. The number of hydrogen-bond acceptors (Lipinski definition) is 3. The highest BCUT2D eigenvalue weighted by Crippen LogP contribution is 2.43. The van der Waals surface area contributed by atoms with Crippen LogP contribution in [0, 0.1) is 5.92 Å². The molecule has 2 rings (SSSR count). The third kappa shape index (κ3) is 2.12. The fourth-order valence-electron chi connectivity index (χ4n) is 2.15. The van der Waals surface area contributed by atoms with Gasteiger partial charge in [-0.2, -0.15) is 0 Å². The Morgan fingerprint density at radius 1 is 1.47 bits per heavy atom. The highest BCUT2D eigenvalue weighted by molar-refractivity contribution is 5.44. The van der Waals surface area contributed by atoms with Crippen molar-refractivity contribution in [2.75, 3.05) is 7.11 Å². The quantitative estimate of drug-likeness (QED) is 0.858. The van der Waals surface area contributed by atoms with Crippen LogP contribution in [-0.4, -0.2) is 17.8 Å². The summed E-state index contributed by atoms with van der Waals surface area (Å²) in [5.74, 6) is 1.83. The van der Waals surface area contributed by atoms with E-state index in [9.17, 15) is 5.11 Å². The van der Waals surface area contributed by atoms with Crippen LogP contribution in [0.2, 0.25) is 0 Å². The van der Waals surface area contributed by atoms with E-state index >= 15 is 0 Å². The number of aliphatic hydroxyl groups is 1. The second-order valence-electron chi connectivity index (χ2n) is 5.19. The van der Waals surface area contributed by atoms with Crippen molar-refractivity contribution in [3.63, 3.8) is 0 Å². The first-order chi connectivity index (χ1) is 7.96. The third-order valence-corrected chi connectivity index (χ3v) is 3.74. The van der Waals surface area contributed by atoms with Gasteiger partial charge in [0.1, 0.15) is 17.1 Å². The number of hydrogen-bond donors (Lipinski definition) is 1. The average molecular weight is 236 g/mol. The van der Waals surface area contributed by atoms with E-state index in [1.807, 2.05) is 25.1 Å². The van der Waals surface area contributed by atoms with Crippen LogP contribution in [0.25, 0.3) is 0 Å². The van der Waals surface area contributed by atoms with Crippen LogP contribution < -0.4 is 9.47 Å². The normalized spacial score (nSPS) is 27.5. The van der Waals surface area contributed by atoms with E-state index < -0.39 is 6.10 Å². The molecule has 17 heavy (non-hydrogen) atoms. The van der Waals surface area contributed by atoms with Gasteiger partial charge in [-0.1, -0.05) is 13.8 Å². The average Bonchev–Trinajstić information content (AvgIpc) is 2.27. The minimum Gasteiger partial charge on any atom is -0.497 e. The second kappa shape index (κ2) is 4.22. The summed E-state index contributed by atoms with van der Waals surface area (Å²) < 4.78 is 11.2. The maximum Gasteiger partial charge on any atom is 0.129 e. The molecule has 1 aliphatic heterocycles. The van der Waals surface area contributed by atoms with Gasteiger partial charge in [0, 0.05) is 18.1 Å². The van der Waals surface area contributed by atoms with E-state index in [1.54, 1.807) is 7.11 Å². The molecule has 1 aromatic rings. The maximum absolute atomic E-state index is 10.2. The lowest BCUT2D eigenvalue weighted by atomic mass is 9.82. The van der Waals surface area contributed by atoms with Crippen molar-refractivity contribution < 1.29 is 14.6 Å². The van der Waals surface area contributed by atoms with Gasteiger partial charge in [-0.15, -0.1) is 0 Å². The number of benzene rings is 1. The minimum absolute atomic E-state index is 0.321. The zero-order valence-electron chi connectivity index (χ0n) is 10.9. The Morgan fingerprint density at radius 2 is 2.18 bits per heavy atom. The number of aliphatic hydroxyl groups excluding tert-OH is 1. The smallest absolute Gasteiger partial charge is 0.129 e. The predicted molar refractivity (Wildman–Crippen MR) is 66.4 cm³/mol. The van der Waals surface area contributed by atoms with E-state index in [4.69, 9.17) is 9.47 Å². The van der Waals surface area contributed by atoms with Gasteiger partial charge in [-0.3, -0.25) is 0 Å². The van der Waals surface area contributed by atoms with Crippen LogP contribution in [-0.2, 0) is 0 Å². The first-order valence-corrected chi connectivity index (χ1v) is 6.01. The molecular weight excluding hydrogens is 216 g/mol. The largest absolute Gasteiger partial charge is 0.497 e. The maximum atomic E-state index is 10.2. The van der Waals surface area contributed by atoms with Crippen molar-refractivity contribution in [2.45, 2.75) is 38.9 Å². The Balaban J connectivity index is 2.40. The molecular formula is C14H20O3. The van der Waals surface area contributed by atoms with E-state index in [2.05, 4.69) is 13.8 Å². The fourth-order valence-corrected chi connectivity index (χ4v) is 2.15. The number of ether oxygens (including phenoxy) is 2. The monoisotopic (exact) mass is 236 g/mol. The van der Waals surface area contributed by atoms with Gasteiger partial charge >= 0.3 is 0 Å². The molecule has 1 unspecified atom stereocenters. The summed E-state index contributed by atoms with van der Waals surface area (Å²) in [5.41, 5.74) is 0.530. The van der Waals surface area contributed by atoms with Crippen LogP contribution >= 0.6 is 0 Å². The second-order valence-corrected chi connectivity index (χ2v) is 5.19. The molecule has 0 bridgehead atoms. The number of rotatable bonds is 2. The molecule has 94 valence electrons. The summed E-state index contributed by atoms with van der Waals surface area (Å²) in [4.78, 5) is 0. The summed E-state index contributed by atoms with van der Waals surface area (Å²) in [7, 11) is 1.63. The van der Waals surface area contributed by atoms with Crippen molar-refractivity contribution in [1.82, 2.24) is 0 Å². The van der Waals surface area contributed by atoms with Crippen LogP contribution in [0.4, 0.5) is 0 Å². The summed E-state index contributed by atoms with van der Waals surface area (Å²) in [6.07, 6.45) is 0.168. The minimum atomic E-state index is -0.461. The Labute approximate surface area is 102 Å². The van der Waals surface area contributed by atoms with Crippen molar-refractivity contribution in [1.29, 1.82) is 0 Å². The first kappa shape index (κ1) is 12.2. The first-order valence-electron chi connectivity index (χ1n) is 6.01. The van der Waals surface area contributed by atoms with E-state index in [0.717, 1.165) is 17.1 Å².